The molecular weight excluding hydrogens is 1070 g/mol. The fourth-order valence-electron chi connectivity index (χ4n) is 7.43. The summed E-state index contributed by atoms with van der Waals surface area (Å²) >= 11 is 1.90. The molecular formula is C54H95N5O20S. The van der Waals surface area contributed by atoms with Crippen LogP contribution < -0.4 is 26.6 Å². The molecule has 462 valence electrons. The highest BCUT2D eigenvalue weighted by Crippen LogP contribution is 2.33. The fourth-order valence-corrected chi connectivity index (χ4v) is 8.98. The molecule has 2 aliphatic heterocycles. The molecule has 25 nitrogen and oxygen atoms in total. The summed E-state index contributed by atoms with van der Waals surface area (Å²) in [5, 5.41) is 24.2. The summed E-state index contributed by atoms with van der Waals surface area (Å²) < 4.78 is 82.7. The van der Waals surface area contributed by atoms with Gasteiger partial charge in [0.15, 0.2) is 0 Å². The lowest BCUT2D eigenvalue weighted by molar-refractivity contribution is -0.122. The van der Waals surface area contributed by atoms with Crippen molar-refractivity contribution in [1.82, 2.24) is 26.6 Å². The summed E-state index contributed by atoms with van der Waals surface area (Å²) in [7, 11) is 0. The van der Waals surface area contributed by atoms with E-state index in [-0.39, 0.29) is 48.0 Å². The van der Waals surface area contributed by atoms with Gasteiger partial charge in [-0.3, -0.25) is 14.4 Å². The van der Waals surface area contributed by atoms with Crippen molar-refractivity contribution in [3.8, 4) is 5.75 Å². The molecule has 3 rings (SSSR count). The van der Waals surface area contributed by atoms with Crippen LogP contribution >= 0.6 is 11.8 Å². The Morgan fingerprint density at radius 2 is 0.787 bits per heavy atom. The topological polar surface area (TPSA) is 287 Å². The Labute approximate surface area is 477 Å². The van der Waals surface area contributed by atoms with Gasteiger partial charge in [0.2, 0.25) is 11.8 Å². The third-order valence-electron chi connectivity index (χ3n) is 11.6. The average molecular weight is 1170 g/mol. The molecule has 2 heterocycles. The summed E-state index contributed by atoms with van der Waals surface area (Å²) in [6, 6.07) is 6.47. The Bertz CT molecular complexity index is 1650. The minimum absolute atomic E-state index is 0.0354. The number of urea groups is 1. The van der Waals surface area contributed by atoms with E-state index >= 15 is 0 Å². The first-order chi connectivity index (χ1) is 39.4. The van der Waals surface area contributed by atoms with Crippen LogP contribution in [-0.2, 0) is 80.6 Å². The second-order valence-electron chi connectivity index (χ2n) is 18.0. The lowest BCUT2D eigenvalue weighted by atomic mass is 10.0. The summed E-state index contributed by atoms with van der Waals surface area (Å²) in [6.07, 6.45) is 4.95. The minimum Gasteiger partial charge on any atom is -0.508 e. The highest BCUT2D eigenvalue weighted by molar-refractivity contribution is 8.00. The Morgan fingerprint density at radius 3 is 1.23 bits per heavy atom. The number of rotatable bonds is 59. The number of amides is 5. The van der Waals surface area contributed by atoms with E-state index in [2.05, 4.69) is 26.6 Å². The van der Waals surface area contributed by atoms with Gasteiger partial charge in [-0.25, -0.2) is 4.79 Å². The largest absolute Gasteiger partial charge is 0.508 e. The van der Waals surface area contributed by atoms with Crippen molar-refractivity contribution >= 4 is 35.5 Å². The van der Waals surface area contributed by atoms with E-state index in [1.54, 1.807) is 12.1 Å². The van der Waals surface area contributed by atoms with Gasteiger partial charge < -0.3 is 103 Å². The van der Waals surface area contributed by atoms with Crippen molar-refractivity contribution in [3.63, 3.8) is 0 Å². The Balaban J connectivity index is 0.866. The number of benzene rings is 1. The molecule has 80 heavy (non-hydrogen) atoms. The Hall–Kier alpha value is -3.55. The zero-order valence-electron chi connectivity index (χ0n) is 47.1. The molecule has 0 radical (unpaired) electrons. The number of unbranched alkanes of at least 4 members (excludes halogenated alkanes) is 1. The van der Waals surface area contributed by atoms with Crippen molar-refractivity contribution in [3.05, 3.63) is 29.8 Å². The number of ether oxygens (including phenoxy) is 15. The second kappa shape index (κ2) is 52.3. The number of phenols is 1. The molecule has 0 spiro atoms. The molecule has 3 unspecified atom stereocenters. The standard InChI is InChI=1S/C54H95N5O20S/c60-47-9-7-46(8-10-47)53(63)57-13-4-16-66-20-24-69-23-19-65-15-3-12-55-51(62)11-17-67-21-25-70-27-29-72-31-33-74-35-37-76-39-41-78-43-44-79-42-40-77-38-36-75-34-32-73-30-28-71-26-22-68-18-14-56-50(61)6-2-1-5-49-52-48(45-80-49)58-54(64)59-52/h7-10,48-49,52,60H,1-6,11-45H2,(H,55,62)(H,56,61)(H,57,63)(H2,58,59,64). The van der Waals surface area contributed by atoms with Crippen LogP contribution in [0.4, 0.5) is 4.79 Å². The molecule has 2 fully saturated rings. The van der Waals surface area contributed by atoms with Gasteiger partial charge in [-0.15, -0.1) is 0 Å². The van der Waals surface area contributed by atoms with E-state index < -0.39 is 0 Å². The Morgan fingerprint density at radius 1 is 0.425 bits per heavy atom. The smallest absolute Gasteiger partial charge is 0.315 e. The van der Waals surface area contributed by atoms with Crippen LogP contribution in [0.15, 0.2) is 24.3 Å². The quantitative estimate of drug-likeness (QED) is 0.0398. The third-order valence-corrected chi connectivity index (χ3v) is 13.1. The van der Waals surface area contributed by atoms with Gasteiger partial charge in [0.25, 0.3) is 5.91 Å². The molecule has 2 aliphatic rings. The van der Waals surface area contributed by atoms with Crippen molar-refractivity contribution in [2.45, 2.75) is 62.3 Å². The molecule has 26 heteroatoms. The van der Waals surface area contributed by atoms with E-state index in [4.69, 9.17) is 71.1 Å². The number of hydrogen-bond acceptors (Lipinski definition) is 21. The fraction of sp³-hybridized carbons (Fsp3) is 0.815. The van der Waals surface area contributed by atoms with Crippen LogP contribution in [-0.4, -0.2) is 270 Å². The summed E-state index contributed by atoms with van der Waals surface area (Å²) in [4.78, 5) is 47.6. The maximum absolute atomic E-state index is 12.1. The number of carbonyl (C=O) groups is 4. The van der Waals surface area contributed by atoms with Crippen molar-refractivity contribution < 1.29 is 95.3 Å². The average Bonchev–Trinajstić information content (AvgIpc) is 4.08. The zero-order valence-corrected chi connectivity index (χ0v) is 48.0. The van der Waals surface area contributed by atoms with Crippen LogP contribution in [0.2, 0.25) is 0 Å². The molecule has 0 bridgehead atoms. The number of carbonyl (C=O) groups excluding carboxylic acids is 4. The molecule has 1 aromatic carbocycles. The van der Waals surface area contributed by atoms with Gasteiger partial charge in [-0.2, -0.15) is 11.8 Å². The van der Waals surface area contributed by atoms with Gasteiger partial charge >= 0.3 is 6.03 Å². The first-order valence-corrected chi connectivity index (χ1v) is 29.4. The van der Waals surface area contributed by atoms with Crippen LogP contribution in [0.3, 0.4) is 0 Å². The summed E-state index contributed by atoms with van der Waals surface area (Å²) in [5.74, 6) is 0.842. The monoisotopic (exact) mass is 1170 g/mol. The van der Waals surface area contributed by atoms with E-state index in [9.17, 15) is 24.3 Å². The molecule has 1 aromatic rings. The summed E-state index contributed by atoms with van der Waals surface area (Å²) in [5.41, 5.74) is 0.495. The predicted octanol–water partition coefficient (Wildman–Crippen LogP) is 1.50. The van der Waals surface area contributed by atoms with Gasteiger partial charge in [0, 0.05) is 62.3 Å². The van der Waals surface area contributed by atoms with Gasteiger partial charge in [-0.05, 0) is 49.9 Å². The minimum atomic E-state index is -0.190. The molecule has 0 saturated carbocycles. The maximum atomic E-state index is 12.1. The number of nitrogens with one attached hydrogen (secondary N) is 5. The van der Waals surface area contributed by atoms with E-state index in [1.807, 2.05) is 11.8 Å². The first kappa shape index (κ1) is 70.7. The second-order valence-corrected chi connectivity index (χ2v) is 19.3. The highest BCUT2D eigenvalue weighted by Gasteiger charge is 2.42. The first-order valence-electron chi connectivity index (χ1n) is 28.4. The lowest BCUT2D eigenvalue weighted by Gasteiger charge is -2.16. The van der Waals surface area contributed by atoms with Crippen molar-refractivity contribution in [2.24, 2.45) is 0 Å². The van der Waals surface area contributed by atoms with Crippen molar-refractivity contribution in [2.75, 3.05) is 224 Å². The number of fused-ring (bicyclic) bond motifs is 1. The van der Waals surface area contributed by atoms with Crippen LogP contribution in [0.25, 0.3) is 0 Å². The molecule has 0 aliphatic carbocycles. The van der Waals surface area contributed by atoms with E-state index in [0.29, 0.717) is 248 Å². The Kier molecular flexibility index (Phi) is 46.2. The van der Waals surface area contributed by atoms with E-state index in [1.165, 1.54) is 12.1 Å². The summed E-state index contributed by atoms with van der Waals surface area (Å²) in [6.45, 7) is 15.2. The van der Waals surface area contributed by atoms with Gasteiger partial charge in [-0.1, -0.05) is 6.42 Å². The highest BCUT2D eigenvalue weighted by atomic mass is 32.2. The van der Waals surface area contributed by atoms with Crippen LogP contribution in [0.1, 0.15) is 55.3 Å². The molecule has 3 atom stereocenters. The van der Waals surface area contributed by atoms with Crippen LogP contribution in [0, 0.1) is 0 Å². The van der Waals surface area contributed by atoms with Crippen molar-refractivity contribution in [1.29, 1.82) is 0 Å². The maximum Gasteiger partial charge on any atom is 0.315 e. The zero-order chi connectivity index (χ0) is 56.9. The molecule has 0 aromatic heterocycles. The van der Waals surface area contributed by atoms with Gasteiger partial charge in [0.1, 0.15) is 5.75 Å². The van der Waals surface area contributed by atoms with Crippen LogP contribution in [0.5, 0.6) is 5.75 Å². The number of hydrogen-bond donors (Lipinski definition) is 6. The van der Waals surface area contributed by atoms with E-state index in [0.717, 1.165) is 25.0 Å². The predicted molar refractivity (Wildman–Crippen MR) is 297 cm³/mol. The molecule has 6 N–H and O–H groups in total. The number of thioether (sulfide) groups is 1. The molecule has 5 amide bonds. The lowest BCUT2D eigenvalue weighted by Crippen LogP contribution is -2.36. The normalized spacial score (nSPS) is 15.7. The SMILES string of the molecule is O=C(CCCCC1SCC2NC(=O)NC21)NCCOCCOCCOCCOCCOCCOCCOCCOCCOCCOCCOCCOCCC(=O)NCCCOCCOCCOCCCNC(=O)c1ccc(O)cc1. The number of phenolic OH excluding ortho intramolecular Hbond substituents is 1. The molecule has 2 saturated heterocycles. The third kappa shape index (κ3) is 41.4. The van der Waals surface area contributed by atoms with Gasteiger partial charge in [0.05, 0.1) is 197 Å². The number of aromatic hydroxyl groups is 1.